The van der Waals surface area contributed by atoms with E-state index in [0.29, 0.717) is 48.2 Å². The molecule has 3 aromatic rings. The molecule has 0 atom stereocenters. The second kappa shape index (κ2) is 8.90. The number of carbonyl (C=O) groups is 1. The fourth-order valence-corrected chi connectivity index (χ4v) is 3.03. The van der Waals surface area contributed by atoms with Crippen LogP contribution in [-0.4, -0.2) is 27.2 Å². The van der Waals surface area contributed by atoms with Gasteiger partial charge in [0.05, 0.1) is 10.9 Å². The summed E-state index contributed by atoms with van der Waals surface area (Å²) in [5.41, 5.74) is 9.14. The number of phenolic OH excluding ortho intramolecular Hbond substituents is 1. The molecule has 0 saturated carbocycles. The van der Waals surface area contributed by atoms with Gasteiger partial charge in [-0.3, -0.25) is 14.2 Å². The minimum atomic E-state index is -0.525. The lowest BCUT2D eigenvalue weighted by Gasteiger charge is -2.14. The van der Waals surface area contributed by atoms with E-state index in [0.717, 1.165) is 0 Å². The average molecular weight is 393 g/mol. The first-order valence-corrected chi connectivity index (χ1v) is 9.03. The lowest BCUT2D eigenvalue weighted by atomic mass is 10.1. The number of esters is 1. The van der Waals surface area contributed by atoms with E-state index in [1.165, 1.54) is 23.6 Å². The van der Waals surface area contributed by atoms with E-state index in [2.05, 4.69) is 15.0 Å². The van der Waals surface area contributed by atoms with Gasteiger partial charge in [-0.1, -0.05) is 17.2 Å². The van der Waals surface area contributed by atoms with Crippen molar-refractivity contribution in [3.8, 4) is 22.9 Å². The number of nitrogens with zero attached hydrogens (tertiary/aromatic N) is 5. The number of aromatic hydroxyl groups is 1. The number of fused-ring (bicyclic) bond motifs is 1. The van der Waals surface area contributed by atoms with E-state index in [4.69, 9.17) is 10.3 Å². The van der Waals surface area contributed by atoms with Gasteiger partial charge in [-0.25, -0.2) is 4.98 Å². The Hall–Kier alpha value is -3.84. The molecule has 2 aromatic carbocycles. The molecule has 29 heavy (non-hydrogen) atoms. The molecule has 0 spiro atoms. The Balaban J connectivity index is 2.11. The van der Waals surface area contributed by atoms with Gasteiger partial charge in [0, 0.05) is 36.6 Å². The third-order valence-electron chi connectivity index (χ3n) is 4.23. The van der Waals surface area contributed by atoms with Crippen molar-refractivity contribution in [1.82, 2.24) is 9.55 Å². The Morgan fingerprint density at radius 2 is 2.07 bits per heavy atom. The number of benzene rings is 2. The fraction of sp³-hybridized carbons (Fsp3) is 0.250. The number of ether oxygens (including phenoxy) is 1. The number of rotatable bonds is 7. The number of unbranched alkanes of at least 4 members (excludes halogenated alkanes) is 1. The van der Waals surface area contributed by atoms with E-state index in [-0.39, 0.29) is 17.1 Å². The summed E-state index contributed by atoms with van der Waals surface area (Å²) in [6.45, 7) is 1.95. The number of aromatic nitrogens is 2. The Labute approximate surface area is 165 Å². The number of carbonyl (C=O) groups excluding carboxylic acids is 1. The highest BCUT2D eigenvalue weighted by molar-refractivity contribution is 5.80. The maximum atomic E-state index is 13.1. The largest absolute Gasteiger partial charge is 0.508 e. The summed E-state index contributed by atoms with van der Waals surface area (Å²) in [7, 11) is 0. The molecule has 9 nitrogen and oxygen atoms in total. The number of hydrogen-bond acceptors (Lipinski definition) is 6. The SMILES string of the molecule is CC(=O)Oc1cc(O)cc(-c2nc3ccccc3c(=O)n2CCCCN=[N+]=[N-])c1. The van der Waals surface area contributed by atoms with Gasteiger partial charge in [0.1, 0.15) is 17.3 Å². The number of hydrogen-bond donors (Lipinski definition) is 1. The molecule has 0 amide bonds. The zero-order chi connectivity index (χ0) is 20.8. The van der Waals surface area contributed by atoms with Gasteiger partial charge in [-0.15, -0.1) is 0 Å². The third kappa shape index (κ3) is 4.72. The van der Waals surface area contributed by atoms with E-state index in [9.17, 15) is 14.7 Å². The van der Waals surface area contributed by atoms with Gasteiger partial charge < -0.3 is 9.84 Å². The predicted octanol–water partition coefficient (Wildman–Crippen LogP) is 3.78. The molecule has 148 valence electrons. The highest BCUT2D eigenvalue weighted by Gasteiger charge is 2.15. The monoisotopic (exact) mass is 393 g/mol. The average Bonchev–Trinajstić information content (AvgIpc) is 2.68. The van der Waals surface area contributed by atoms with Crippen molar-refractivity contribution in [2.75, 3.05) is 6.54 Å². The predicted molar refractivity (Wildman–Crippen MR) is 108 cm³/mol. The highest BCUT2D eigenvalue weighted by atomic mass is 16.5. The summed E-state index contributed by atoms with van der Waals surface area (Å²) in [4.78, 5) is 31.7. The van der Waals surface area contributed by atoms with Crippen molar-refractivity contribution in [3.05, 3.63) is 63.3 Å². The first-order valence-electron chi connectivity index (χ1n) is 9.03. The number of azide groups is 1. The molecule has 0 unspecified atom stereocenters. The topological polar surface area (TPSA) is 130 Å². The fourth-order valence-electron chi connectivity index (χ4n) is 3.03. The molecule has 0 radical (unpaired) electrons. The van der Waals surface area contributed by atoms with Crippen molar-refractivity contribution >= 4 is 16.9 Å². The zero-order valence-corrected chi connectivity index (χ0v) is 15.8. The van der Waals surface area contributed by atoms with Crippen molar-refractivity contribution < 1.29 is 14.6 Å². The van der Waals surface area contributed by atoms with Gasteiger partial charge in [0.2, 0.25) is 0 Å². The van der Waals surface area contributed by atoms with Gasteiger partial charge in [-0.05, 0) is 42.6 Å². The number of phenols is 1. The summed E-state index contributed by atoms with van der Waals surface area (Å²) in [6.07, 6.45) is 1.21. The van der Waals surface area contributed by atoms with Crippen LogP contribution in [0.5, 0.6) is 11.5 Å². The van der Waals surface area contributed by atoms with E-state index in [1.807, 2.05) is 0 Å². The normalized spacial score (nSPS) is 10.5. The quantitative estimate of drug-likeness (QED) is 0.163. The second-order valence-corrected chi connectivity index (χ2v) is 6.38. The Kier molecular flexibility index (Phi) is 6.11. The van der Waals surface area contributed by atoms with Gasteiger partial charge in [0.15, 0.2) is 0 Å². The molecule has 0 fully saturated rings. The maximum Gasteiger partial charge on any atom is 0.308 e. The van der Waals surface area contributed by atoms with Crippen LogP contribution in [0.2, 0.25) is 0 Å². The van der Waals surface area contributed by atoms with Gasteiger partial charge >= 0.3 is 5.97 Å². The van der Waals surface area contributed by atoms with E-state index >= 15 is 0 Å². The minimum Gasteiger partial charge on any atom is -0.508 e. The maximum absolute atomic E-state index is 13.1. The Bertz CT molecular complexity index is 1170. The molecule has 0 aliphatic carbocycles. The molecular formula is C20H19N5O4. The summed E-state index contributed by atoms with van der Waals surface area (Å²) in [5, 5.41) is 14.0. The van der Waals surface area contributed by atoms with Crippen LogP contribution >= 0.6 is 0 Å². The van der Waals surface area contributed by atoms with E-state index in [1.54, 1.807) is 30.3 Å². The number of para-hydroxylation sites is 1. The highest BCUT2D eigenvalue weighted by Crippen LogP contribution is 2.29. The minimum absolute atomic E-state index is 0.115. The van der Waals surface area contributed by atoms with E-state index < -0.39 is 5.97 Å². The molecule has 1 aromatic heterocycles. The summed E-state index contributed by atoms with van der Waals surface area (Å²) in [6, 6.07) is 11.3. The molecule has 0 bridgehead atoms. The molecule has 1 N–H and O–H groups in total. The Morgan fingerprint density at radius 1 is 1.28 bits per heavy atom. The van der Waals surface area contributed by atoms with Crippen LogP contribution in [-0.2, 0) is 11.3 Å². The molecule has 9 heteroatoms. The molecule has 1 heterocycles. The molecule has 0 saturated heterocycles. The lowest BCUT2D eigenvalue weighted by molar-refractivity contribution is -0.131. The van der Waals surface area contributed by atoms with Crippen LogP contribution in [0.25, 0.3) is 32.7 Å². The van der Waals surface area contributed by atoms with Crippen molar-refractivity contribution in [2.45, 2.75) is 26.3 Å². The first kappa shape index (κ1) is 19.9. The lowest BCUT2D eigenvalue weighted by Crippen LogP contribution is -2.23. The summed E-state index contributed by atoms with van der Waals surface area (Å²) in [5.74, 6) is -0.133. The summed E-state index contributed by atoms with van der Waals surface area (Å²) < 4.78 is 6.60. The molecule has 3 rings (SSSR count). The van der Waals surface area contributed by atoms with Gasteiger partial charge in [-0.2, -0.15) is 0 Å². The van der Waals surface area contributed by atoms with Gasteiger partial charge in [0.25, 0.3) is 5.56 Å². The van der Waals surface area contributed by atoms with Crippen LogP contribution in [0.4, 0.5) is 0 Å². The molecular weight excluding hydrogens is 374 g/mol. The summed E-state index contributed by atoms with van der Waals surface area (Å²) >= 11 is 0. The van der Waals surface area contributed by atoms with Crippen molar-refractivity contribution in [1.29, 1.82) is 0 Å². The van der Waals surface area contributed by atoms with Crippen molar-refractivity contribution in [2.24, 2.45) is 5.11 Å². The van der Waals surface area contributed by atoms with Crippen LogP contribution < -0.4 is 10.3 Å². The smallest absolute Gasteiger partial charge is 0.308 e. The molecule has 0 aliphatic heterocycles. The van der Waals surface area contributed by atoms with Crippen molar-refractivity contribution in [3.63, 3.8) is 0 Å². The third-order valence-corrected chi connectivity index (χ3v) is 4.23. The molecule has 0 aliphatic rings. The van der Waals surface area contributed by atoms with Crippen LogP contribution in [0.1, 0.15) is 19.8 Å². The second-order valence-electron chi connectivity index (χ2n) is 6.38. The first-order chi connectivity index (χ1) is 14.0. The van der Waals surface area contributed by atoms with Crippen LogP contribution in [0.15, 0.2) is 52.4 Å². The van der Waals surface area contributed by atoms with Crippen LogP contribution in [0.3, 0.4) is 0 Å². The Morgan fingerprint density at radius 3 is 2.83 bits per heavy atom. The standard InChI is InChI=1S/C20H19N5O4/c1-13(26)29-16-11-14(10-15(27)12-16)19-23-18-7-3-2-6-17(18)20(28)25(19)9-5-4-8-22-24-21/h2-3,6-7,10-12,27H,4-5,8-9H2,1H3. The zero-order valence-electron chi connectivity index (χ0n) is 15.8. The van der Waals surface area contributed by atoms with Crippen LogP contribution in [0, 0.1) is 0 Å².